The minimum Gasteiger partial charge on any atom is -0.414 e. The smallest absolute Gasteiger partial charge is 0.414 e. The van der Waals surface area contributed by atoms with Crippen molar-refractivity contribution in [1.29, 1.82) is 5.26 Å². The van der Waals surface area contributed by atoms with Crippen LogP contribution >= 0.6 is 0 Å². The first-order valence-corrected chi connectivity index (χ1v) is 7.93. The molecule has 1 aromatic rings. The second-order valence-electron chi connectivity index (χ2n) is 6.99. The van der Waals surface area contributed by atoms with E-state index in [1.807, 2.05) is 39.0 Å². The van der Waals surface area contributed by atoms with Gasteiger partial charge in [0.2, 0.25) is 0 Å². The Morgan fingerprint density at radius 3 is 2.61 bits per heavy atom. The molecule has 0 bridgehead atoms. The monoisotopic (exact) mass is 317 g/mol. The Labute approximate surface area is 137 Å². The second-order valence-corrected chi connectivity index (χ2v) is 6.99. The highest BCUT2D eigenvalue weighted by molar-refractivity contribution is 5.60. The number of hydrogen-bond acceptors (Lipinski definition) is 5. The largest absolute Gasteiger partial charge is 0.517 e. The molecule has 2 rings (SSSR count). The molecule has 23 heavy (non-hydrogen) atoms. The van der Waals surface area contributed by atoms with Crippen molar-refractivity contribution in [3.8, 4) is 6.07 Å². The summed E-state index contributed by atoms with van der Waals surface area (Å²) in [5, 5.41) is 9.14. The standard InChI is InChI=1S/C17H25N4O2/c1-17(2,3)23-16(22)21(11-7-18)12-9-20(10-13-21)14-15-6-4-5-8-19-15/h4-6,8H,9-14H2,1-3H3/q+1. The number of pyridine rings is 1. The first kappa shape index (κ1) is 17.4. The van der Waals surface area contributed by atoms with Gasteiger partial charge in [-0.2, -0.15) is 10.1 Å². The van der Waals surface area contributed by atoms with Gasteiger partial charge in [-0.1, -0.05) is 6.07 Å². The van der Waals surface area contributed by atoms with E-state index in [0.717, 1.165) is 25.3 Å². The van der Waals surface area contributed by atoms with E-state index in [0.29, 0.717) is 13.1 Å². The summed E-state index contributed by atoms with van der Waals surface area (Å²) in [6.07, 6.45) is 1.49. The van der Waals surface area contributed by atoms with Gasteiger partial charge < -0.3 is 4.74 Å². The summed E-state index contributed by atoms with van der Waals surface area (Å²) >= 11 is 0. The Morgan fingerprint density at radius 2 is 2.09 bits per heavy atom. The van der Waals surface area contributed by atoms with Gasteiger partial charge in [0.15, 0.2) is 6.54 Å². The van der Waals surface area contributed by atoms with Gasteiger partial charge in [0.05, 0.1) is 5.69 Å². The number of carbonyl (C=O) groups is 1. The van der Waals surface area contributed by atoms with E-state index in [1.54, 1.807) is 6.20 Å². The average molecular weight is 317 g/mol. The molecule has 1 fully saturated rings. The summed E-state index contributed by atoms with van der Waals surface area (Å²) in [7, 11) is 0. The number of ether oxygens (including phenoxy) is 1. The lowest BCUT2D eigenvalue weighted by molar-refractivity contribution is -0.856. The molecule has 0 radical (unpaired) electrons. The van der Waals surface area contributed by atoms with Crippen molar-refractivity contribution < 1.29 is 14.0 Å². The number of nitriles is 1. The fourth-order valence-corrected chi connectivity index (χ4v) is 2.67. The fourth-order valence-electron chi connectivity index (χ4n) is 2.67. The molecule has 0 aliphatic carbocycles. The number of carbonyl (C=O) groups excluding carboxylic acids is 1. The molecule has 0 aromatic carbocycles. The molecule has 6 nitrogen and oxygen atoms in total. The van der Waals surface area contributed by atoms with E-state index in [1.165, 1.54) is 0 Å². The van der Waals surface area contributed by atoms with Crippen molar-refractivity contribution >= 4 is 6.09 Å². The lowest BCUT2D eigenvalue weighted by Gasteiger charge is -2.40. The zero-order valence-corrected chi connectivity index (χ0v) is 14.2. The molecule has 0 saturated carbocycles. The number of piperazine rings is 1. The number of quaternary nitrogens is 1. The van der Waals surface area contributed by atoms with Gasteiger partial charge >= 0.3 is 6.09 Å². The molecule has 6 heteroatoms. The number of nitrogens with zero attached hydrogens (tertiary/aromatic N) is 4. The molecule has 1 saturated heterocycles. The van der Waals surface area contributed by atoms with Crippen LogP contribution in [-0.2, 0) is 11.3 Å². The number of aromatic nitrogens is 1. The SMILES string of the molecule is CC(C)(C)OC(=O)[N+]1(CC#N)CCN(Cc2ccccn2)CC1. The summed E-state index contributed by atoms with van der Waals surface area (Å²) in [6.45, 7) is 9.16. The van der Waals surface area contributed by atoms with E-state index in [9.17, 15) is 4.79 Å². The van der Waals surface area contributed by atoms with Crippen molar-refractivity contribution in [2.75, 3.05) is 32.7 Å². The minimum atomic E-state index is -0.539. The van der Waals surface area contributed by atoms with Crippen LogP contribution in [0.15, 0.2) is 24.4 Å². The van der Waals surface area contributed by atoms with Gasteiger partial charge in [0.1, 0.15) is 24.8 Å². The highest BCUT2D eigenvalue weighted by Gasteiger charge is 2.43. The highest BCUT2D eigenvalue weighted by Crippen LogP contribution is 2.20. The van der Waals surface area contributed by atoms with Gasteiger partial charge in [-0.3, -0.25) is 9.88 Å². The molecule has 124 valence electrons. The van der Waals surface area contributed by atoms with Crippen LogP contribution in [0, 0.1) is 11.3 Å². The van der Waals surface area contributed by atoms with Crippen molar-refractivity contribution in [3.63, 3.8) is 0 Å². The summed E-state index contributed by atoms with van der Waals surface area (Å²) in [6, 6.07) is 8.02. The Kier molecular flexibility index (Phi) is 5.34. The van der Waals surface area contributed by atoms with Crippen molar-refractivity contribution in [2.24, 2.45) is 0 Å². The quantitative estimate of drug-likeness (QED) is 0.631. The Hall–Kier alpha value is -1.97. The van der Waals surface area contributed by atoms with Crippen LogP contribution in [0.4, 0.5) is 4.79 Å². The molecule has 2 heterocycles. The summed E-state index contributed by atoms with van der Waals surface area (Å²) in [5.41, 5.74) is 0.480. The Morgan fingerprint density at radius 1 is 1.39 bits per heavy atom. The zero-order chi connectivity index (χ0) is 16.9. The molecule has 0 N–H and O–H groups in total. The molecule has 1 aromatic heterocycles. The molecular weight excluding hydrogens is 292 g/mol. The summed E-state index contributed by atoms with van der Waals surface area (Å²) in [4.78, 5) is 19.2. The van der Waals surface area contributed by atoms with E-state index >= 15 is 0 Å². The van der Waals surface area contributed by atoms with E-state index in [4.69, 9.17) is 10.00 Å². The van der Waals surface area contributed by atoms with Gasteiger partial charge in [-0.25, -0.2) is 4.48 Å². The van der Waals surface area contributed by atoms with Gasteiger partial charge in [0, 0.05) is 25.8 Å². The molecule has 0 spiro atoms. The maximum atomic E-state index is 12.6. The molecule has 1 aliphatic heterocycles. The van der Waals surface area contributed by atoms with Crippen LogP contribution in [0.1, 0.15) is 26.5 Å². The second kappa shape index (κ2) is 7.07. The van der Waals surface area contributed by atoms with Crippen LogP contribution in [0.5, 0.6) is 0 Å². The maximum Gasteiger partial charge on any atom is 0.517 e. The third-order valence-electron chi connectivity index (χ3n) is 3.95. The lowest BCUT2D eigenvalue weighted by Crippen LogP contribution is -2.63. The molecule has 1 aliphatic rings. The third-order valence-corrected chi connectivity index (χ3v) is 3.95. The van der Waals surface area contributed by atoms with Crippen LogP contribution in [0.3, 0.4) is 0 Å². The lowest BCUT2D eigenvalue weighted by atomic mass is 10.2. The Balaban J connectivity index is 2.00. The van der Waals surface area contributed by atoms with Gasteiger partial charge in [-0.15, -0.1) is 0 Å². The first-order valence-electron chi connectivity index (χ1n) is 7.93. The zero-order valence-electron chi connectivity index (χ0n) is 14.2. The van der Waals surface area contributed by atoms with Crippen molar-refractivity contribution in [2.45, 2.75) is 32.9 Å². The fraction of sp³-hybridized carbons (Fsp3) is 0.588. The summed E-state index contributed by atoms with van der Waals surface area (Å²) < 4.78 is 5.63. The average Bonchev–Trinajstić information content (AvgIpc) is 2.49. The summed E-state index contributed by atoms with van der Waals surface area (Å²) in [5.74, 6) is 0. The molecule has 0 atom stereocenters. The van der Waals surface area contributed by atoms with Gasteiger partial charge in [-0.05, 0) is 32.9 Å². The van der Waals surface area contributed by atoms with E-state index < -0.39 is 5.60 Å². The third kappa shape index (κ3) is 4.75. The van der Waals surface area contributed by atoms with Crippen molar-refractivity contribution in [3.05, 3.63) is 30.1 Å². The predicted octanol–water partition coefficient (Wildman–Crippen LogP) is 2.17. The molecule has 1 amide bonds. The normalized spacial score (nSPS) is 18.2. The number of hydrogen-bond donors (Lipinski definition) is 0. The van der Waals surface area contributed by atoms with Crippen LogP contribution in [0.25, 0.3) is 0 Å². The van der Waals surface area contributed by atoms with Gasteiger partial charge in [0.25, 0.3) is 0 Å². The Bertz CT molecular complexity index is 566. The molecular formula is C17H25N4O2+. The van der Waals surface area contributed by atoms with Crippen LogP contribution in [0.2, 0.25) is 0 Å². The molecule has 0 unspecified atom stereocenters. The number of amides is 1. The topological polar surface area (TPSA) is 66.2 Å². The van der Waals surface area contributed by atoms with Crippen LogP contribution < -0.4 is 0 Å². The predicted molar refractivity (Wildman–Crippen MR) is 86.2 cm³/mol. The first-order chi connectivity index (χ1) is 10.8. The van der Waals surface area contributed by atoms with E-state index in [2.05, 4.69) is 16.0 Å². The highest BCUT2D eigenvalue weighted by atomic mass is 16.6. The number of rotatable bonds is 3. The maximum absolute atomic E-state index is 12.6. The minimum absolute atomic E-state index is 0.0898. The van der Waals surface area contributed by atoms with E-state index in [-0.39, 0.29) is 17.1 Å². The van der Waals surface area contributed by atoms with Crippen LogP contribution in [-0.4, -0.2) is 58.8 Å². The van der Waals surface area contributed by atoms with Crippen molar-refractivity contribution in [1.82, 2.24) is 9.88 Å².